The number of benzene rings is 2. The summed E-state index contributed by atoms with van der Waals surface area (Å²) in [6.07, 6.45) is -1.31. The van der Waals surface area contributed by atoms with E-state index in [4.69, 9.17) is 27.2 Å². The van der Waals surface area contributed by atoms with Gasteiger partial charge in [0.05, 0.1) is 34.3 Å². The second kappa shape index (κ2) is 10.4. The van der Waals surface area contributed by atoms with E-state index in [1.807, 2.05) is 19.1 Å². The Morgan fingerprint density at radius 3 is 2.71 bits per heavy atom. The fraction of sp³-hybridized carbons (Fsp3) is 0.182. The fourth-order valence-corrected chi connectivity index (χ4v) is 6.71. The number of aromatic carboxylic acids is 1. The zero-order chi connectivity index (χ0) is 25.3. The second-order valence-corrected chi connectivity index (χ2v) is 12.3. The van der Waals surface area contributed by atoms with Gasteiger partial charge in [0.2, 0.25) is 6.17 Å². The van der Waals surface area contributed by atoms with Crippen LogP contribution in [0.25, 0.3) is 11.3 Å². The number of aryl methyl sites for hydroxylation is 1. The van der Waals surface area contributed by atoms with Crippen molar-refractivity contribution in [2.45, 2.75) is 20.0 Å². The maximum atomic E-state index is 13.4. The van der Waals surface area contributed by atoms with Crippen LogP contribution < -0.4 is 10.4 Å². The minimum absolute atomic E-state index is 0.0194. The van der Waals surface area contributed by atoms with Gasteiger partial charge in [-0.05, 0) is 52.4 Å². The van der Waals surface area contributed by atoms with Crippen molar-refractivity contribution in [1.82, 2.24) is 4.57 Å². The molecule has 35 heavy (non-hydrogen) atoms. The largest absolute Gasteiger partial charge is 0.478 e. The third-order valence-corrected chi connectivity index (χ3v) is 9.24. The predicted molar refractivity (Wildman–Crippen MR) is 137 cm³/mol. The number of esters is 1. The standard InChI is InChI=1S/C22H18Cl2N4O5P2/c1-3-33-21(32)19-28-16(22(34-19)35(23)24)14-9-11(2)7-8-15(14)25-18(29)17(28)27-26-13-6-4-5-12(10-13)20(30)31/h4-10,17H,3H2,1-2H3,(H,25,29)(H,30,31)/t17-/m1/s1. The number of nitrogens with one attached hydrogen (secondary N) is 1. The number of carbonyl (C=O) groups is 3. The van der Waals surface area contributed by atoms with Gasteiger partial charge in [-0.1, -0.05) is 40.2 Å². The molecule has 1 amide bonds. The summed E-state index contributed by atoms with van der Waals surface area (Å²) in [6.45, 7) is 2.02. The molecule has 1 aliphatic heterocycles. The van der Waals surface area contributed by atoms with Gasteiger partial charge in [-0.25, -0.2) is 9.59 Å². The molecule has 180 valence electrons. The summed E-state index contributed by atoms with van der Waals surface area (Å²) in [7, 11) is 0.407. The second-order valence-electron chi connectivity index (χ2n) is 7.41. The molecule has 0 spiro atoms. The van der Waals surface area contributed by atoms with Gasteiger partial charge in [0.1, 0.15) is 6.63 Å². The summed E-state index contributed by atoms with van der Waals surface area (Å²) >= 11 is 12.7. The Bertz CT molecular complexity index is 1380. The SMILES string of the molecule is CCOC(=O)c1pc(P(Cl)Cl)c2n1[C@@H](N=Nc1cccc(C(=O)O)c1)C(=O)Nc1ccc(C)cc1-2. The molecule has 13 heteroatoms. The average molecular weight is 551 g/mol. The van der Waals surface area contributed by atoms with E-state index in [-0.39, 0.29) is 23.3 Å². The number of aromatic nitrogens is 1. The number of anilines is 1. The lowest BCUT2D eigenvalue weighted by Crippen LogP contribution is -2.25. The first-order valence-electron chi connectivity index (χ1n) is 10.3. The molecule has 2 N–H and O–H groups in total. The van der Waals surface area contributed by atoms with E-state index in [2.05, 4.69) is 15.5 Å². The Hall–Kier alpha value is -2.83. The number of hydrogen-bond donors (Lipinski definition) is 2. The summed E-state index contributed by atoms with van der Waals surface area (Å²) in [4.78, 5) is 37.6. The molecular formula is C22H18Cl2N4O5P2. The third-order valence-electron chi connectivity index (χ3n) is 5.05. The molecule has 0 saturated carbocycles. The van der Waals surface area contributed by atoms with Crippen LogP contribution in [0.4, 0.5) is 11.4 Å². The predicted octanol–water partition coefficient (Wildman–Crippen LogP) is 6.57. The lowest BCUT2D eigenvalue weighted by atomic mass is 10.1. The highest BCUT2D eigenvalue weighted by atomic mass is 35.9. The maximum Gasteiger partial charge on any atom is 0.359 e. The lowest BCUT2D eigenvalue weighted by molar-refractivity contribution is -0.119. The summed E-state index contributed by atoms with van der Waals surface area (Å²) < 4.78 is 6.70. The summed E-state index contributed by atoms with van der Waals surface area (Å²) in [5.74, 6) is -2.30. The molecule has 1 aromatic heterocycles. The van der Waals surface area contributed by atoms with E-state index < -0.39 is 30.6 Å². The van der Waals surface area contributed by atoms with Crippen molar-refractivity contribution in [2.24, 2.45) is 10.2 Å². The van der Waals surface area contributed by atoms with Gasteiger partial charge in [0, 0.05) is 5.56 Å². The number of azo groups is 1. The molecule has 0 fully saturated rings. The molecule has 0 aliphatic carbocycles. The molecule has 9 nitrogen and oxygen atoms in total. The Labute approximate surface area is 212 Å². The lowest BCUT2D eigenvalue weighted by Gasteiger charge is -2.16. The molecule has 0 bridgehead atoms. The van der Waals surface area contributed by atoms with Gasteiger partial charge in [-0.15, -0.1) is 0 Å². The Kier molecular flexibility index (Phi) is 7.53. The maximum absolute atomic E-state index is 13.4. The van der Waals surface area contributed by atoms with Gasteiger partial charge in [0.15, 0.2) is 5.43 Å². The van der Waals surface area contributed by atoms with Gasteiger partial charge < -0.3 is 15.2 Å². The van der Waals surface area contributed by atoms with Crippen LogP contribution in [0.1, 0.15) is 39.2 Å². The average Bonchev–Trinajstić information content (AvgIpc) is 3.16. The van der Waals surface area contributed by atoms with Crippen molar-refractivity contribution in [3.63, 3.8) is 0 Å². The van der Waals surface area contributed by atoms with Gasteiger partial charge in [-0.3, -0.25) is 9.36 Å². The zero-order valence-corrected chi connectivity index (χ0v) is 21.7. The highest BCUT2D eigenvalue weighted by Crippen LogP contribution is 2.53. The Balaban J connectivity index is 1.95. The first-order valence-corrected chi connectivity index (χ1v) is 14.3. The molecule has 0 radical (unpaired) electrons. The molecule has 2 aromatic carbocycles. The van der Waals surface area contributed by atoms with Crippen LogP contribution in [-0.4, -0.2) is 34.1 Å². The normalized spacial score (nSPS) is 15.1. The topological polar surface area (TPSA) is 122 Å². The van der Waals surface area contributed by atoms with Crippen molar-refractivity contribution in [3.8, 4) is 11.3 Å². The van der Waals surface area contributed by atoms with Crippen molar-refractivity contribution < 1.29 is 24.2 Å². The first kappa shape index (κ1) is 25.3. The third kappa shape index (κ3) is 5.09. The molecular weight excluding hydrogens is 533 g/mol. The fourth-order valence-electron chi connectivity index (χ4n) is 3.57. The van der Waals surface area contributed by atoms with Crippen LogP contribution in [-0.2, 0) is 9.53 Å². The van der Waals surface area contributed by atoms with E-state index in [0.29, 0.717) is 30.2 Å². The minimum atomic E-state index is -1.69. The number of carboxylic acids is 1. The summed E-state index contributed by atoms with van der Waals surface area (Å²) in [5.41, 5.74) is 2.95. The highest BCUT2D eigenvalue weighted by molar-refractivity contribution is 8.11. The zero-order valence-electron chi connectivity index (χ0n) is 18.4. The van der Waals surface area contributed by atoms with Gasteiger partial charge in [0.25, 0.3) is 5.91 Å². The van der Waals surface area contributed by atoms with Crippen LogP contribution >= 0.6 is 37.3 Å². The number of hydrogen-bond acceptors (Lipinski definition) is 6. The monoisotopic (exact) mass is 550 g/mol. The smallest absolute Gasteiger partial charge is 0.359 e. The van der Waals surface area contributed by atoms with Crippen molar-refractivity contribution in [3.05, 3.63) is 59.0 Å². The molecule has 2 heterocycles. The number of fused-ring (bicyclic) bond motifs is 3. The number of halogens is 2. The van der Waals surface area contributed by atoms with Crippen molar-refractivity contribution in [1.29, 1.82) is 0 Å². The molecule has 0 unspecified atom stereocenters. The number of carbonyl (C=O) groups excluding carboxylic acids is 2. The van der Waals surface area contributed by atoms with E-state index in [9.17, 15) is 19.5 Å². The highest BCUT2D eigenvalue weighted by Gasteiger charge is 2.37. The summed E-state index contributed by atoms with van der Waals surface area (Å²) in [5, 5.41) is 21.0. The number of amides is 1. The van der Waals surface area contributed by atoms with Crippen LogP contribution in [0.3, 0.4) is 0 Å². The van der Waals surface area contributed by atoms with Crippen LogP contribution in [0.2, 0.25) is 0 Å². The van der Waals surface area contributed by atoms with E-state index in [1.54, 1.807) is 19.1 Å². The number of ether oxygens (including phenoxy) is 1. The molecule has 1 atom stereocenters. The molecule has 3 aromatic rings. The first-order chi connectivity index (χ1) is 16.7. The molecule has 4 rings (SSSR count). The Morgan fingerprint density at radius 2 is 2.03 bits per heavy atom. The van der Waals surface area contributed by atoms with E-state index in [0.717, 1.165) is 5.56 Å². The van der Waals surface area contributed by atoms with Crippen molar-refractivity contribution in [2.75, 3.05) is 11.9 Å². The Morgan fingerprint density at radius 1 is 1.26 bits per heavy atom. The van der Waals surface area contributed by atoms with Gasteiger partial charge >= 0.3 is 11.9 Å². The van der Waals surface area contributed by atoms with Crippen LogP contribution in [0.5, 0.6) is 0 Å². The molecule has 0 saturated heterocycles. The quantitative estimate of drug-likeness (QED) is 0.204. The van der Waals surface area contributed by atoms with E-state index in [1.165, 1.54) is 22.8 Å². The number of nitrogens with zero attached hydrogens (tertiary/aromatic N) is 3. The van der Waals surface area contributed by atoms with Crippen LogP contribution in [0.15, 0.2) is 52.7 Å². The summed E-state index contributed by atoms with van der Waals surface area (Å²) in [6, 6.07) is 11.3. The van der Waals surface area contributed by atoms with Crippen molar-refractivity contribution >= 4 is 71.6 Å². The minimum Gasteiger partial charge on any atom is -0.478 e. The van der Waals surface area contributed by atoms with Gasteiger partial charge in [-0.2, -0.15) is 10.2 Å². The van der Waals surface area contributed by atoms with Crippen LogP contribution in [0, 0.1) is 6.92 Å². The number of rotatable bonds is 6. The number of carboxylic acid groups (broad SMARTS) is 1. The molecule has 1 aliphatic rings. The van der Waals surface area contributed by atoms with E-state index >= 15 is 0 Å².